The monoisotopic (exact) mass is 263 g/mol. The lowest BCUT2D eigenvalue weighted by molar-refractivity contribution is -0.152. The van der Waals surface area contributed by atoms with Gasteiger partial charge >= 0.3 is 5.97 Å². The highest BCUT2D eigenvalue weighted by Gasteiger charge is 2.32. The number of carboxylic acid groups (broad SMARTS) is 1. The van der Waals surface area contributed by atoms with Gasteiger partial charge in [0, 0.05) is 11.3 Å². The van der Waals surface area contributed by atoms with Gasteiger partial charge in [-0.05, 0) is 5.53 Å². The summed E-state index contributed by atoms with van der Waals surface area (Å²) in [6.07, 6.45) is -8.25. The molecule has 18 heavy (non-hydrogen) atoms. The number of carboxylic acids is 1. The molecule has 0 aromatic rings. The third-order valence-corrected chi connectivity index (χ3v) is 2.10. The van der Waals surface area contributed by atoms with Crippen LogP contribution in [0.4, 0.5) is 0 Å². The number of ketones is 1. The summed E-state index contributed by atoms with van der Waals surface area (Å²) in [5.74, 6) is -3.14. The molecular formula is C8H13N3O7. The van der Waals surface area contributed by atoms with Crippen LogP contribution in [0.25, 0.3) is 10.4 Å². The normalized spacial score (nSPS) is 17.1. The van der Waals surface area contributed by atoms with Gasteiger partial charge in [-0.3, -0.25) is 4.79 Å². The Hall–Kier alpha value is -1.71. The van der Waals surface area contributed by atoms with E-state index in [1.54, 1.807) is 0 Å². The van der Waals surface area contributed by atoms with Gasteiger partial charge in [-0.1, -0.05) is 5.11 Å². The lowest BCUT2D eigenvalue weighted by atomic mass is 9.99. The SMILES string of the molecule is [N-]=[N+]=NC[C@@H](O)[C@@H](O)[C@H](O)[C@H](O)CC(=O)C(=O)O. The summed E-state index contributed by atoms with van der Waals surface area (Å²) in [7, 11) is 0. The molecule has 0 aliphatic heterocycles. The van der Waals surface area contributed by atoms with Gasteiger partial charge in [-0.2, -0.15) is 0 Å². The van der Waals surface area contributed by atoms with E-state index in [0.717, 1.165) is 0 Å². The predicted octanol–water partition coefficient (Wildman–Crippen LogP) is -2.22. The van der Waals surface area contributed by atoms with Gasteiger partial charge in [0.05, 0.1) is 18.8 Å². The maximum atomic E-state index is 10.7. The highest BCUT2D eigenvalue weighted by Crippen LogP contribution is 2.09. The summed E-state index contributed by atoms with van der Waals surface area (Å²) in [5, 5.41) is 48.4. The summed E-state index contributed by atoms with van der Waals surface area (Å²) in [6.45, 7) is -0.547. The van der Waals surface area contributed by atoms with Crippen molar-refractivity contribution in [1.82, 2.24) is 0 Å². The number of rotatable bonds is 8. The van der Waals surface area contributed by atoms with Crippen LogP contribution < -0.4 is 0 Å². The molecule has 0 unspecified atom stereocenters. The topological polar surface area (TPSA) is 184 Å². The molecule has 10 heteroatoms. The molecule has 10 nitrogen and oxygen atoms in total. The fourth-order valence-corrected chi connectivity index (χ4v) is 1.08. The molecule has 102 valence electrons. The molecule has 0 saturated carbocycles. The van der Waals surface area contributed by atoms with Crippen LogP contribution in [0.3, 0.4) is 0 Å². The molecule has 0 saturated heterocycles. The van der Waals surface area contributed by atoms with E-state index < -0.39 is 49.1 Å². The van der Waals surface area contributed by atoms with Gasteiger partial charge in [-0.25, -0.2) is 4.79 Å². The van der Waals surface area contributed by atoms with Crippen molar-refractivity contribution in [3.8, 4) is 0 Å². The van der Waals surface area contributed by atoms with Crippen molar-refractivity contribution in [3.05, 3.63) is 10.4 Å². The lowest BCUT2D eigenvalue weighted by Gasteiger charge is -2.25. The smallest absolute Gasteiger partial charge is 0.372 e. The highest BCUT2D eigenvalue weighted by atomic mass is 16.4. The van der Waals surface area contributed by atoms with Gasteiger partial charge in [0.2, 0.25) is 5.78 Å². The Kier molecular flexibility index (Phi) is 6.86. The number of hydrogen-bond donors (Lipinski definition) is 5. The molecule has 0 amide bonds. The van der Waals surface area contributed by atoms with Crippen molar-refractivity contribution in [2.45, 2.75) is 30.8 Å². The lowest BCUT2D eigenvalue weighted by Crippen LogP contribution is -2.46. The fraction of sp³-hybridized carbons (Fsp3) is 0.750. The number of aliphatic hydroxyl groups excluding tert-OH is 4. The van der Waals surface area contributed by atoms with Crippen LogP contribution in [-0.2, 0) is 9.59 Å². The molecule has 0 spiro atoms. The van der Waals surface area contributed by atoms with Gasteiger partial charge < -0.3 is 25.5 Å². The summed E-state index contributed by atoms with van der Waals surface area (Å²) in [5.41, 5.74) is 7.97. The van der Waals surface area contributed by atoms with Gasteiger partial charge in [0.1, 0.15) is 12.2 Å². The maximum absolute atomic E-state index is 10.7. The third-order valence-electron chi connectivity index (χ3n) is 2.10. The standard InChI is InChI=1S/C8H13N3O7/c9-11-10-2-5(14)7(16)6(15)3(12)1-4(13)8(17)18/h3,5-7,12,14-16H,1-2H2,(H,17,18)/t3-,5-,6-,7-/m1/s1. The van der Waals surface area contributed by atoms with Crippen molar-refractivity contribution in [2.75, 3.05) is 6.54 Å². The van der Waals surface area contributed by atoms with Gasteiger partial charge in [-0.15, -0.1) is 0 Å². The molecule has 0 rings (SSSR count). The fourth-order valence-electron chi connectivity index (χ4n) is 1.08. The molecule has 4 atom stereocenters. The maximum Gasteiger partial charge on any atom is 0.372 e. The average Bonchev–Trinajstić information content (AvgIpc) is 2.33. The van der Waals surface area contributed by atoms with Crippen LogP contribution in [-0.4, -0.2) is 68.2 Å². The summed E-state index contributed by atoms with van der Waals surface area (Å²) >= 11 is 0. The van der Waals surface area contributed by atoms with E-state index in [0.29, 0.717) is 0 Å². The Morgan fingerprint density at radius 3 is 2.06 bits per heavy atom. The predicted molar refractivity (Wildman–Crippen MR) is 55.3 cm³/mol. The first-order chi connectivity index (χ1) is 8.31. The zero-order chi connectivity index (χ0) is 14.3. The Balaban J connectivity index is 4.43. The Bertz CT molecular complexity index is 355. The van der Waals surface area contributed by atoms with Crippen LogP contribution in [0.5, 0.6) is 0 Å². The number of carbonyl (C=O) groups excluding carboxylic acids is 1. The molecule has 0 aliphatic carbocycles. The van der Waals surface area contributed by atoms with Crippen molar-refractivity contribution in [1.29, 1.82) is 0 Å². The Labute approximate surface area is 101 Å². The first kappa shape index (κ1) is 16.3. The summed E-state index contributed by atoms with van der Waals surface area (Å²) < 4.78 is 0. The van der Waals surface area contributed by atoms with Crippen LogP contribution in [0.2, 0.25) is 0 Å². The number of Topliss-reactive ketones (excluding diaryl/α,β-unsaturated/α-hetero) is 1. The van der Waals surface area contributed by atoms with E-state index in [-0.39, 0.29) is 0 Å². The van der Waals surface area contributed by atoms with E-state index in [2.05, 4.69) is 10.0 Å². The summed E-state index contributed by atoms with van der Waals surface area (Å²) in [6, 6.07) is 0. The highest BCUT2D eigenvalue weighted by molar-refractivity contribution is 6.32. The van der Waals surface area contributed by atoms with Crippen LogP contribution in [0, 0.1) is 0 Å². The average molecular weight is 263 g/mol. The van der Waals surface area contributed by atoms with Crippen molar-refractivity contribution < 1.29 is 35.1 Å². The second-order valence-electron chi connectivity index (χ2n) is 3.46. The zero-order valence-electron chi connectivity index (χ0n) is 9.12. The summed E-state index contributed by atoms with van der Waals surface area (Å²) in [4.78, 5) is 23.2. The van der Waals surface area contributed by atoms with Crippen molar-refractivity contribution >= 4 is 11.8 Å². The number of azide groups is 1. The van der Waals surface area contributed by atoms with Crippen LogP contribution >= 0.6 is 0 Å². The minimum absolute atomic E-state index is 0.547. The van der Waals surface area contributed by atoms with E-state index >= 15 is 0 Å². The first-order valence-corrected chi connectivity index (χ1v) is 4.80. The molecule has 0 bridgehead atoms. The van der Waals surface area contributed by atoms with E-state index in [1.807, 2.05) is 0 Å². The van der Waals surface area contributed by atoms with Gasteiger partial charge in [0.15, 0.2) is 0 Å². The largest absolute Gasteiger partial charge is 0.475 e. The number of hydrogen-bond acceptors (Lipinski definition) is 7. The number of nitrogens with zero attached hydrogens (tertiary/aromatic N) is 3. The molecule has 0 heterocycles. The molecule has 0 aliphatic rings. The quantitative estimate of drug-likeness (QED) is 0.142. The second-order valence-corrected chi connectivity index (χ2v) is 3.46. The molecular weight excluding hydrogens is 250 g/mol. The molecule has 0 aromatic heterocycles. The molecule has 0 radical (unpaired) electrons. The first-order valence-electron chi connectivity index (χ1n) is 4.80. The van der Waals surface area contributed by atoms with E-state index in [4.69, 9.17) is 10.6 Å². The Morgan fingerprint density at radius 2 is 1.61 bits per heavy atom. The minimum Gasteiger partial charge on any atom is -0.475 e. The van der Waals surface area contributed by atoms with Crippen LogP contribution in [0.1, 0.15) is 6.42 Å². The van der Waals surface area contributed by atoms with E-state index in [9.17, 15) is 30.0 Å². The molecule has 0 fully saturated rings. The second kappa shape index (κ2) is 7.58. The molecule has 0 aromatic carbocycles. The Morgan fingerprint density at radius 1 is 1.11 bits per heavy atom. The van der Waals surface area contributed by atoms with Gasteiger partial charge in [0.25, 0.3) is 0 Å². The number of carbonyl (C=O) groups is 2. The van der Waals surface area contributed by atoms with Crippen LogP contribution in [0.15, 0.2) is 5.11 Å². The van der Waals surface area contributed by atoms with Crippen molar-refractivity contribution in [2.24, 2.45) is 5.11 Å². The number of aliphatic carboxylic acids is 1. The third kappa shape index (κ3) is 5.08. The molecule has 5 N–H and O–H groups in total. The van der Waals surface area contributed by atoms with Crippen molar-refractivity contribution in [3.63, 3.8) is 0 Å². The van der Waals surface area contributed by atoms with E-state index in [1.165, 1.54) is 0 Å². The number of aliphatic hydroxyl groups is 4. The minimum atomic E-state index is -1.95. The zero-order valence-corrected chi connectivity index (χ0v) is 9.12.